The molecule has 5 nitrogen and oxygen atoms in total. The van der Waals surface area contributed by atoms with Gasteiger partial charge in [0.2, 0.25) is 0 Å². The van der Waals surface area contributed by atoms with E-state index < -0.39 is 0 Å². The van der Waals surface area contributed by atoms with Crippen LogP contribution in [-0.2, 0) is 6.42 Å². The average Bonchev–Trinajstić information content (AvgIpc) is 2.73. The number of nitrogens with zero attached hydrogens (tertiary/aromatic N) is 3. The molecule has 28 heavy (non-hydrogen) atoms. The predicted octanol–water partition coefficient (Wildman–Crippen LogP) is 4.66. The molecule has 0 spiro atoms. The summed E-state index contributed by atoms with van der Waals surface area (Å²) in [5.74, 6) is 0.412. The van der Waals surface area contributed by atoms with E-state index in [1.165, 1.54) is 5.56 Å². The van der Waals surface area contributed by atoms with Gasteiger partial charge in [-0.15, -0.1) is 0 Å². The van der Waals surface area contributed by atoms with Gasteiger partial charge >= 0.3 is 0 Å². The van der Waals surface area contributed by atoms with E-state index in [1.54, 1.807) is 36.6 Å². The van der Waals surface area contributed by atoms with E-state index >= 15 is 0 Å². The highest BCUT2D eigenvalue weighted by molar-refractivity contribution is 5.93. The first-order valence-electron chi connectivity index (χ1n) is 9.50. The third kappa shape index (κ3) is 5.16. The van der Waals surface area contributed by atoms with Crippen LogP contribution in [0.3, 0.4) is 0 Å². The van der Waals surface area contributed by atoms with Gasteiger partial charge in [0.15, 0.2) is 0 Å². The summed E-state index contributed by atoms with van der Waals surface area (Å²) < 4.78 is 0. The topological polar surface area (TPSA) is 58.1 Å². The SMILES string of the molecule is CC(C)c1ccc(Nc2ccnc(C(=O)N(C)CCc3ccncc3)c2)cc1. The van der Waals surface area contributed by atoms with Crippen LogP contribution >= 0.6 is 0 Å². The molecule has 0 atom stereocenters. The van der Waals surface area contributed by atoms with Gasteiger partial charge in [-0.1, -0.05) is 26.0 Å². The average molecular weight is 374 g/mol. The molecule has 0 aliphatic heterocycles. The minimum atomic E-state index is -0.0899. The number of hydrogen-bond acceptors (Lipinski definition) is 4. The first kappa shape index (κ1) is 19.5. The van der Waals surface area contributed by atoms with Crippen LogP contribution in [0.2, 0.25) is 0 Å². The summed E-state index contributed by atoms with van der Waals surface area (Å²) in [5.41, 5.74) is 4.72. The lowest BCUT2D eigenvalue weighted by Gasteiger charge is -2.17. The third-order valence-corrected chi connectivity index (χ3v) is 4.68. The number of hydrogen-bond donors (Lipinski definition) is 1. The predicted molar refractivity (Wildman–Crippen MR) is 113 cm³/mol. The zero-order valence-corrected chi connectivity index (χ0v) is 16.6. The zero-order chi connectivity index (χ0) is 19.9. The summed E-state index contributed by atoms with van der Waals surface area (Å²) in [6.07, 6.45) is 5.97. The van der Waals surface area contributed by atoms with Crippen molar-refractivity contribution in [2.45, 2.75) is 26.2 Å². The monoisotopic (exact) mass is 374 g/mol. The molecule has 0 radical (unpaired) electrons. The van der Waals surface area contributed by atoms with Crippen molar-refractivity contribution < 1.29 is 4.79 Å². The Kier molecular flexibility index (Phi) is 6.37. The minimum absolute atomic E-state index is 0.0899. The molecule has 2 aromatic heterocycles. The molecular formula is C23H26N4O. The van der Waals surface area contributed by atoms with Crippen LogP contribution in [0.15, 0.2) is 67.1 Å². The highest BCUT2D eigenvalue weighted by Crippen LogP contribution is 2.21. The Labute approximate surface area is 166 Å². The second kappa shape index (κ2) is 9.13. The summed E-state index contributed by atoms with van der Waals surface area (Å²) in [6.45, 7) is 4.97. The minimum Gasteiger partial charge on any atom is -0.355 e. The third-order valence-electron chi connectivity index (χ3n) is 4.68. The maximum Gasteiger partial charge on any atom is 0.272 e. The first-order chi connectivity index (χ1) is 13.5. The fraction of sp³-hybridized carbons (Fsp3) is 0.261. The second-order valence-corrected chi connectivity index (χ2v) is 7.16. The lowest BCUT2D eigenvalue weighted by molar-refractivity contribution is 0.0791. The van der Waals surface area contributed by atoms with Gasteiger partial charge in [-0.25, -0.2) is 0 Å². The summed E-state index contributed by atoms with van der Waals surface area (Å²) in [6, 6.07) is 15.9. The summed E-state index contributed by atoms with van der Waals surface area (Å²) >= 11 is 0. The highest BCUT2D eigenvalue weighted by atomic mass is 16.2. The number of nitrogens with one attached hydrogen (secondary N) is 1. The van der Waals surface area contributed by atoms with E-state index in [-0.39, 0.29) is 5.91 Å². The van der Waals surface area contributed by atoms with Crippen LogP contribution in [0.5, 0.6) is 0 Å². The molecule has 1 aromatic carbocycles. The number of carbonyl (C=O) groups is 1. The van der Waals surface area contributed by atoms with Crippen LogP contribution in [0.25, 0.3) is 0 Å². The molecule has 0 saturated carbocycles. The Bertz CT molecular complexity index is 907. The molecule has 0 bridgehead atoms. The van der Waals surface area contributed by atoms with Gasteiger partial charge in [0.05, 0.1) is 0 Å². The first-order valence-corrected chi connectivity index (χ1v) is 9.50. The normalized spacial score (nSPS) is 10.7. The van der Waals surface area contributed by atoms with Crippen molar-refractivity contribution in [2.24, 2.45) is 0 Å². The van der Waals surface area contributed by atoms with Crippen LogP contribution in [-0.4, -0.2) is 34.4 Å². The molecule has 5 heteroatoms. The Balaban J connectivity index is 1.63. The molecule has 1 N–H and O–H groups in total. The lowest BCUT2D eigenvalue weighted by atomic mass is 10.0. The molecule has 0 aliphatic rings. The van der Waals surface area contributed by atoms with Gasteiger partial charge in [0.1, 0.15) is 5.69 Å². The quantitative estimate of drug-likeness (QED) is 0.653. The summed E-state index contributed by atoms with van der Waals surface area (Å²) in [5, 5.41) is 3.34. The molecular weight excluding hydrogens is 348 g/mol. The largest absolute Gasteiger partial charge is 0.355 e. The van der Waals surface area contributed by atoms with E-state index in [4.69, 9.17) is 0 Å². The smallest absolute Gasteiger partial charge is 0.272 e. The van der Waals surface area contributed by atoms with E-state index in [0.717, 1.165) is 23.4 Å². The number of benzene rings is 1. The number of rotatable bonds is 7. The molecule has 0 fully saturated rings. The molecule has 0 saturated heterocycles. The number of anilines is 2. The second-order valence-electron chi connectivity index (χ2n) is 7.16. The van der Waals surface area contributed by atoms with E-state index in [1.807, 2.05) is 18.2 Å². The fourth-order valence-corrected chi connectivity index (χ4v) is 2.89. The van der Waals surface area contributed by atoms with Crippen molar-refractivity contribution in [3.05, 3.63) is 83.9 Å². The number of pyridine rings is 2. The highest BCUT2D eigenvalue weighted by Gasteiger charge is 2.13. The standard InChI is InChI=1S/C23H26N4O/c1-17(2)19-4-6-20(7-5-19)26-21-10-14-25-22(16-21)23(28)27(3)15-11-18-8-12-24-13-9-18/h4-10,12-14,16-17H,11,15H2,1-3H3,(H,25,26). The van der Waals surface area contributed by atoms with Gasteiger partial charge in [0, 0.05) is 43.6 Å². The number of amides is 1. The van der Waals surface area contributed by atoms with Crippen molar-refractivity contribution in [3.63, 3.8) is 0 Å². The van der Waals surface area contributed by atoms with E-state index in [2.05, 4.69) is 53.4 Å². The Morgan fingerprint density at radius 2 is 1.71 bits per heavy atom. The molecule has 2 heterocycles. The Hall–Kier alpha value is -3.21. The Morgan fingerprint density at radius 1 is 1.00 bits per heavy atom. The van der Waals surface area contributed by atoms with Gasteiger partial charge in [-0.05, 0) is 59.9 Å². The van der Waals surface area contributed by atoms with Crippen molar-refractivity contribution in [1.29, 1.82) is 0 Å². The summed E-state index contributed by atoms with van der Waals surface area (Å²) in [4.78, 5) is 22.7. The number of carbonyl (C=O) groups excluding carboxylic acids is 1. The van der Waals surface area contributed by atoms with E-state index in [9.17, 15) is 4.79 Å². The maximum atomic E-state index is 12.7. The van der Waals surface area contributed by atoms with Gasteiger partial charge in [-0.2, -0.15) is 0 Å². The summed E-state index contributed by atoms with van der Waals surface area (Å²) in [7, 11) is 1.80. The van der Waals surface area contributed by atoms with Crippen LogP contribution in [0, 0.1) is 0 Å². The van der Waals surface area contributed by atoms with Crippen LogP contribution < -0.4 is 5.32 Å². The van der Waals surface area contributed by atoms with Gasteiger partial charge in [-0.3, -0.25) is 14.8 Å². The molecule has 144 valence electrons. The van der Waals surface area contributed by atoms with Gasteiger partial charge < -0.3 is 10.2 Å². The van der Waals surface area contributed by atoms with Crippen molar-refractivity contribution in [1.82, 2.24) is 14.9 Å². The van der Waals surface area contributed by atoms with Crippen molar-refractivity contribution in [3.8, 4) is 0 Å². The van der Waals surface area contributed by atoms with Crippen molar-refractivity contribution >= 4 is 17.3 Å². The molecule has 3 aromatic rings. The van der Waals surface area contributed by atoms with Crippen molar-refractivity contribution in [2.75, 3.05) is 18.9 Å². The molecule has 1 amide bonds. The lowest BCUT2D eigenvalue weighted by Crippen LogP contribution is -2.29. The number of likely N-dealkylation sites (N-methyl/N-ethyl adjacent to an activating group) is 1. The van der Waals surface area contributed by atoms with Crippen LogP contribution in [0.1, 0.15) is 41.4 Å². The van der Waals surface area contributed by atoms with Gasteiger partial charge in [0.25, 0.3) is 5.91 Å². The fourth-order valence-electron chi connectivity index (χ4n) is 2.89. The maximum absolute atomic E-state index is 12.7. The molecule has 0 aliphatic carbocycles. The molecule has 3 rings (SSSR count). The van der Waals surface area contributed by atoms with Crippen LogP contribution in [0.4, 0.5) is 11.4 Å². The van der Waals surface area contributed by atoms with E-state index in [0.29, 0.717) is 18.2 Å². The Morgan fingerprint density at radius 3 is 2.39 bits per heavy atom. The zero-order valence-electron chi connectivity index (χ0n) is 16.6. The number of aromatic nitrogens is 2. The molecule has 0 unspecified atom stereocenters.